The van der Waals surface area contributed by atoms with E-state index in [1.165, 1.54) is 38.5 Å². The minimum absolute atomic E-state index is 0.411. The maximum atomic E-state index is 5.91. The van der Waals surface area contributed by atoms with E-state index in [9.17, 15) is 0 Å². The number of nitrogens with zero attached hydrogens (tertiary/aromatic N) is 1. The average Bonchev–Trinajstić information content (AvgIpc) is 3.15. The van der Waals surface area contributed by atoms with Crippen LogP contribution >= 0.6 is 0 Å². The Balaban J connectivity index is 1.39. The van der Waals surface area contributed by atoms with Gasteiger partial charge >= 0.3 is 0 Å². The molecule has 2 saturated carbocycles. The molecule has 106 valence electrons. The van der Waals surface area contributed by atoms with Gasteiger partial charge in [-0.3, -0.25) is 0 Å². The molecule has 0 unspecified atom stereocenters. The normalized spacial score (nSPS) is 27.6. The smallest absolute Gasteiger partial charge is 0.162 e. The van der Waals surface area contributed by atoms with Gasteiger partial charge in [0.25, 0.3) is 0 Å². The molecule has 1 N–H and O–H groups in total. The molecule has 0 bridgehead atoms. The molecule has 2 aliphatic rings. The summed E-state index contributed by atoms with van der Waals surface area (Å²) in [5.74, 6) is 1.72. The Morgan fingerprint density at radius 1 is 1.26 bits per heavy atom. The van der Waals surface area contributed by atoms with Crippen molar-refractivity contribution in [2.75, 3.05) is 0 Å². The lowest BCUT2D eigenvalue weighted by Gasteiger charge is -2.25. The fraction of sp³-hybridized carbons (Fsp3) is 0.800. The summed E-state index contributed by atoms with van der Waals surface area (Å²) in [6.45, 7) is 3.70. The Kier molecular flexibility index (Phi) is 4.18. The number of aromatic nitrogens is 1. The van der Waals surface area contributed by atoms with Crippen LogP contribution < -0.4 is 5.32 Å². The van der Waals surface area contributed by atoms with Crippen LogP contribution in [0.1, 0.15) is 56.9 Å². The summed E-state index contributed by atoms with van der Waals surface area (Å²) in [5.41, 5.74) is 0.989. The Morgan fingerprint density at radius 2 is 2.05 bits per heavy atom. The molecule has 2 fully saturated rings. The fourth-order valence-electron chi connectivity index (χ4n) is 2.64. The number of rotatable bonds is 6. The van der Waals surface area contributed by atoms with E-state index in [1.807, 2.05) is 6.07 Å². The van der Waals surface area contributed by atoms with Crippen molar-refractivity contribution in [3.05, 3.63) is 17.5 Å². The van der Waals surface area contributed by atoms with E-state index in [4.69, 9.17) is 9.26 Å². The van der Waals surface area contributed by atoms with Gasteiger partial charge in [0.05, 0.1) is 11.8 Å². The molecular formula is C15H24N2O2. The standard InChI is InChI=1S/C15H24N2O2/c1-11-2-6-14(7-3-11)18-10-15-8-13(17-19-15)9-16-12-4-5-12/h8,11-12,14,16H,2-7,9-10H2,1H3. The van der Waals surface area contributed by atoms with E-state index in [1.54, 1.807) is 0 Å². The first-order valence-electron chi connectivity index (χ1n) is 7.59. The van der Waals surface area contributed by atoms with Crippen LogP contribution in [-0.4, -0.2) is 17.3 Å². The van der Waals surface area contributed by atoms with Crippen molar-refractivity contribution in [3.8, 4) is 0 Å². The average molecular weight is 264 g/mol. The molecule has 1 aromatic rings. The van der Waals surface area contributed by atoms with Crippen molar-refractivity contribution < 1.29 is 9.26 Å². The van der Waals surface area contributed by atoms with E-state index >= 15 is 0 Å². The highest BCUT2D eigenvalue weighted by Gasteiger charge is 2.21. The summed E-state index contributed by atoms with van der Waals surface area (Å²) in [6, 6.07) is 2.72. The van der Waals surface area contributed by atoms with Crippen molar-refractivity contribution in [2.45, 2.75) is 70.7 Å². The van der Waals surface area contributed by atoms with Gasteiger partial charge in [0.1, 0.15) is 6.61 Å². The number of ether oxygens (including phenoxy) is 1. The molecule has 0 radical (unpaired) electrons. The van der Waals surface area contributed by atoms with Crippen LogP contribution in [0.4, 0.5) is 0 Å². The molecule has 0 aliphatic heterocycles. The number of nitrogens with one attached hydrogen (secondary N) is 1. The minimum atomic E-state index is 0.411. The van der Waals surface area contributed by atoms with Crippen LogP contribution in [0.25, 0.3) is 0 Å². The van der Waals surface area contributed by atoms with Gasteiger partial charge in [-0.15, -0.1) is 0 Å². The first kappa shape index (κ1) is 13.1. The highest BCUT2D eigenvalue weighted by Crippen LogP contribution is 2.26. The molecule has 4 nitrogen and oxygen atoms in total. The lowest BCUT2D eigenvalue weighted by Crippen LogP contribution is -2.20. The molecule has 0 amide bonds. The maximum Gasteiger partial charge on any atom is 0.162 e. The minimum Gasteiger partial charge on any atom is -0.370 e. The second-order valence-corrected chi connectivity index (χ2v) is 6.13. The fourth-order valence-corrected chi connectivity index (χ4v) is 2.64. The molecular weight excluding hydrogens is 240 g/mol. The van der Waals surface area contributed by atoms with Crippen molar-refractivity contribution >= 4 is 0 Å². The lowest BCUT2D eigenvalue weighted by molar-refractivity contribution is -0.000645. The topological polar surface area (TPSA) is 47.3 Å². The maximum absolute atomic E-state index is 5.91. The second-order valence-electron chi connectivity index (χ2n) is 6.13. The van der Waals surface area contributed by atoms with Gasteiger partial charge in [-0.1, -0.05) is 12.1 Å². The molecule has 1 heterocycles. The summed E-state index contributed by atoms with van der Waals surface area (Å²) < 4.78 is 11.2. The summed E-state index contributed by atoms with van der Waals surface area (Å²) in [6.07, 6.45) is 7.96. The zero-order valence-electron chi connectivity index (χ0n) is 11.7. The molecule has 0 spiro atoms. The number of hydrogen-bond donors (Lipinski definition) is 1. The Bertz CT molecular complexity index is 393. The molecule has 1 aromatic heterocycles. The van der Waals surface area contributed by atoms with E-state index < -0.39 is 0 Å². The molecule has 4 heteroatoms. The van der Waals surface area contributed by atoms with E-state index in [0.717, 1.165) is 23.9 Å². The first-order chi connectivity index (χ1) is 9.29. The van der Waals surface area contributed by atoms with Crippen molar-refractivity contribution in [3.63, 3.8) is 0 Å². The summed E-state index contributed by atoms with van der Waals surface area (Å²) in [7, 11) is 0. The van der Waals surface area contributed by atoms with Gasteiger partial charge in [-0.2, -0.15) is 0 Å². The van der Waals surface area contributed by atoms with Gasteiger partial charge in [0.15, 0.2) is 5.76 Å². The second kappa shape index (κ2) is 6.06. The van der Waals surface area contributed by atoms with Gasteiger partial charge < -0.3 is 14.6 Å². The largest absolute Gasteiger partial charge is 0.370 e. The molecule has 19 heavy (non-hydrogen) atoms. The molecule has 0 aromatic carbocycles. The number of hydrogen-bond acceptors (Lipinski definition) is 4. The van der Waals surface area contributed by atoms with Crippen LogP contribution in [-0.2, 0) is 17.9 Å². The van der Waals surface area contributed by atoms with Crippen LogP contribution in [0, 0.1) is 5.92 Å². The van der Waals surface area contributed by atoms with Gasteiger partial charge in [0.2, 0.25) is 0 Å². The third-order valence-corrected chi connectivity index (χ3v) is 4.18. The van der Waals surface area contributed by atoms with Crippen molar-refractivity contribution in [2.24, 2.45) is 5.92 Å². The van der Waals surface area contributed by atoms with Gasteiger partial charge in [-0.05, 0) is 44.4 Å². The Hall–Kier alpha value is -0.870. The van der Waals surface area contributed by atoms with Gasteiger partial charge in [0, 0.05) is 18.7 Å². The highest BCUT2D eigenvalue weighted by atomic mass is 16.5. The molecule has 0 atom stereocenters. The van der Waals surface area contributed by atoms with Crippen molar-refractivity contribution in [1.82, 2.24) is 10.5 Å². The van der Waals surface area contributed by atoms with E-state index in [0.29, 0.717) is 18.8 Å². The van der Waals surface area contributed by atoms with Crippen LogP contribution in [0.3, 0.4) is 0 Å². The van der Waals surface area contributed by atoms with Crippen molar-refractivity contribution in [1.29, 1.82) is 0 Å². The highest BCUT2D eigenvalue weighted by molar-refractivity contribution is 5.05. The van der Waals surface area contributed by atoms with Gasteiger partial charge in [-0.25, -0.2) is 0 Å². The van der Waals surface area contributed by atoms with Crippen LogP contribution in [0.15, 0.2) is 10.6 Å². The Morgan fingerprint density at radius 3 is 2.79 bits per heavy atom. The quantitative estimate of drug-likeness (QED) is 0.858. The predicted octanol–water partition coefficient (Wildman–Crippen LogP) is 3.02. The summed E-state index contributed by atoms with van der Waals surface area (Å²) in [4.78, 5) is 0. The van der Waals surface area contributed by atoms with E-state index in [2.05, 4.69) is 17.4 Å². The summed E-state index contributed by atoms with van der Waals surface area (Å²) >= 11 is 0. The summed E-state index contributed by atoms with van der Waals surface area (Å²) in [5, 5.41) is 7.51. The third-order valence-electron chi connectivity index (χ3n) is 4.18. The molecule has 2 aliphatic carbocycles. The first-order valence-corrected chi connectivity index (χ1v) is 7.59. The zero-order valence-corrected chi connectivity index (χ0v) is 11.7. The monoisotopic (exact) mass is 264 g/mol. The SMILES string of the molecule is CC1CCC(OCc2cc(CNC3CC3)no2)CC1. The van der Waals surface area contributed by atoms with E-state index in [-0.39, 0.29) is 0 Å². The predicted molar refractivity (Wildman–Crippen MR) is 72.6 cm³/mol. The van der Waals surface area contributed by atoms with Crippen LogP contribution in [0.2, 0.25) is 0 Å². The molecule has 0 saturated heterocycles. The lowest BCUT2D eigenvalue weighted by atomic mass is 9.89. The zero-order chi connectivity index (χ0) is 13.1. The third kappa shape index (κ3) is 4.05. The Labute approximate surface area is 114 Å². The van der Waals surface area contributed by atoms with Crippen LogP contribution in [0.5, 0.6) is 0 Å². The molecule has 3 rings (SSSR count).